The van der Waals surface area contributed by atoms with Gasteiger partial charge in [0.1, 0.15) is 12.4 Å². The highest BCUT2D eigenvalue weighted by molar-refractivity contribution is 5.78. The summed E-state index contributed by atoms with van der Waals surface area (Å²) >= 11 is 0. The number of piperidine rings is 1. The predicted molar refractivity (Wildman–Crippen MR) is 70.0 cm³/mol. The van der Waals surface area contributed by atoms with E-state index in [0.29, 0.717) is 29.6 Å². The third-order valence-corrected chi connectivity index (χ3v) is 3.89. The lowest BCUT2D eigenvalue weighted by Gasteiger charge is -2.40. The van der Waals surface area contributed by atoms with Gasteiger partial charge in [-0.15, -0.1) is 0 Å². The van der Waals surface area contributed by atoms with E-state index >= 15 is 0 Å². The molecule has 1 aromatic heterocycles. The lowest BCUT2D eigenvalue weighted by molar-refractivity contribution is 0.230. The Labute approximate surface area is 110 Å². The standard InChI is InChI=1S/C14H14FN3O/c15-9-4-5-11-12(7-9)16-13-14(17-11)19-8-10-3-1-2-6-18(10)13/h4-5,7,10H,1-3,6,8H2. The Bertz CT molecular complexity index is 646. The highest BCUT2D eigenvalue weighted by atomic mass is 19.1. The van der Waals surface area contributed by atoms with Gasteiger partial charge in [-0.05, 0) is 31.4 Å². The minimum atomic E-state index is -0.284. The molecule has 4 rings (SSSR count). The number of hydrogen-bond acceptors (Lipinski definition) is 4. The first-order chi connectivity index (χ1) is 9.31. The van der Waals surface area contributed by atoms with E-state index in [0.717, 1.165) is 18.8 Å². The average Bonchev–Trinajstić information content (AvgIpc) is 2.45. The highest BCUT2D eigenvalue weighted by Crippen LogP contribution is 2.35. The van der Waals surface area contributed by atoms with Gasteiger partial charge in [-0.1, -0.05) is 0 Å². The topological polar surface area (TPSA) is 38.2 Å². The van der Waals surface area contributed by atoms with Crippen LogP contribution >= 0.6 is 0 Å². The van der Waals surface area contributed by atoms with E-state index < -0.39 is 0 Å². The molecule has 0 radical (unpaired) electrons. The first kappa shape index (κ1) is 11.0. The van der Waals surface area contributed by atoms with Gasteiger partial charge in [-0.25, -0.2) is 14.4 Å². The van der Waals surface area contributed by atoms with E-state index in [1.54, 1.807) is 6.07 Å². The molecule has 1 unspecified atom stereocenters. The predicted octanol–water partition coefficient (Wildman–Crippen LogP) is 2.52. The summed E-state index contributed by atoms with van der Waals surface area (Å²) in [5.74, 6) is 1.07. The van der Waals surface area contributed by atoms with Crippen molar-refractivity contribution in [3.8, 4) is 5.88 Å². The molecule has 2 aliphatic heterocycles. The quantitative estimate of drug-likeness (QED) is 0.728. The zero-order chi connectivity index (χ0) is 12.8. The SMILES string of the molecule is Fc1ccc2nc3c(nc2c1)N1CCCCC1CO3. The molecule has 98 valence electrons. The van der Waals surface area contributed by atoms with Crippen molar-refractivity contribution in [3.63, 3.8) is 0 Å². The molecule has 0 bridgehead atoms. The van der Waals surface area contributed by atoms with Crippen molar-refractivity contribution in [3.05, 3.63) is 24.0 Å². The van der Waals surface area contributed by atoms with Gasteiger partial charge in [0.2, 0.25) is 0 Å². The highest BCUT2D eigenvalue weighted by Gasteiger charge is 2.32. The van der Waals surface area contributed by atoms with Gasteiger partial charge in [0.15, 0.2) is 5.82 Å². The number of rotatable bonds is 0. The summed E-state index contributed by atoms with van der Waals surface area (Å²) < 4.78 is 19.0. The van der Waals surface area contributed by atoms with Crippen LogP contribution in [0.2, 0.25) is 0 Å². The Morgan fingerprint density at radius 2 is 2.16 bits per heavy atom. The summed E-state index contributed by atoms with van der Waals surface area (Å²) in [7, 11) is 0. The largest absolute Gasteiger partial charge is 0.473 e. The van der Waals surface area contributed by atoms with E-state index in [9.17, 15) is 4.39 Å². The fourth-order valence-corrected chi connectivity index (χ4v) is 2.91. The van der Waals surface area contributed by atoms with Crippen molar-refractivity contribution in [1.82, 2.24) is 9.97 Å². The molecule has 0 spiro atoms. The fraction of sp³-hybridized carbons (Fsp3) is 0.429. The number of ether oxygens (including phenoxy) is 1. The van der Waals surface area contributed by atoms with Gasteiger partial charge in [0, 0.05) is 12.6 Å². The van der Waals surface area contributed by atoms with E-state index in [2.05, 4.69) is 14.9 Å². The summed E-state index contributed by atoms with van der Waals surface area (Å²) in [6.07, 6.45) is 3.52. The molecule has 3 heterocycles. The number of nitrogens with zero attached hydrogens (tertiary/aromatic N) is 3. The first-order valence-electron chi connectivity index (χ1n) is 6.68. The molecular weight excluding hydrogens is 245 g/mol. The van der Waals surface area contributed by atoms with E-state index in [1.165, 1.54) is 25.0 Å². The summed E-state index contributed by atoms with van der Waals surface area (Å²) in [5, 5.41) is 0. The molecule has 1 saturated heterocycles. The number of benzene rings is 1. The van der Waals surface area contributed by atoms with Gasteiger partial charge >= 0.3 is 0 Å². The Kier molecular flexibility index (Phi) is 2.33. The van der Waals surface area contributed by atoms with Crippen LogP contribution in [-0.2, 0) is 0 Å². The van der Waals surface area contributed by atoms with Crippen LogP contribution in [0.5, 0.6) is 5.88 Å². The molecule has 0 N–H and O–H groups in total. The third kappa shape index (κ3) is 1.72. The molecule has 0 saturated carbocycles. The molecule has 2 aromatic rings. The second kappa shape index (κ2) is 4.05. The molecule has 0 amide bonds. The Morgan fingerprint density at radius 3 is 3.11 bits per heavy atom. The zero-order valence-corrected chi connectivity index (χ0v) is 10.5. The number of halogens is 1. The van der Waals surface area contributed by atoms with Crippen molar-refractivity contribution < 1.29 is 9.13 Å². The summed E-state index contributed by atoms with van der Waals surface area (Å²) in [6, 6.07) is 4.86. The van der Waals surface area contributed by atoms with Crippen LogP contribution in [0.1, 0.15) is 19.3 Å². The molecule has 1 fully saturated rings. The summed E-state index contributed by atoms with van der Waals surface area (Å²) in [5.41, 5.74) is 1.27. The van der Waals surface area contributed by atoms with Crippen LogP contribution in [0.4, 0.5) is 10.2 Å². The molecule has 5 heteroatoms. The smallest absolute Gasteiger partial charge is 0.258 e. The Hall–Kier alpha value is -1.91. The molecule has 2 aliphatic rings. The minimum absolute atomic E-state index is 0.284. The average molecular weight is 259 g/mol. The first-order valence-corrected chi connectivity index (χ1v) is 6.68. The van der Waals surface area contributed by atoms with Crippen LogP contribution in [0.25, 0.3) is 11.0 Å². The van der Waals surface area contributed by atoms with Crippen molar-refractivity contribution in [1.29, 1.82) is 0 Å². The fourth-order valence-electron chi connectivity index (χ4n) is 2.91. The van der Waals surface area contributed by atoms with Crippen LogP contribution in [0.15, 0.2) is 18.2 Å². The lowest BCUT2D eigenvalue weighted by atomic mass is 10.0. The lowest BCUT2D eigenvalue weighted by Crippen LogP contribution is -2.46. The van der Waals surface area contributed by atoms with E-state index in [1.807, 2.05) is 0 Å². The minimum Gasteiger partial charge on any atom is -0.473 e. The maximum atomic E-state index is 13.3. The van der Waals surface area contributed by atoms with Crippen molar-refractivity contribution in [2.24, 2.45) is 0 Å². The second-order valence-corrected chi connectivity index (χ2v) is 5.14. The maximum absolute atomic E-state index is 13.3. The van der Waals surface area contributed by atoms with Gasteiger partial charge in [-0.2, -0.15) is 0 Å². The van der Waals surface area contributed by atoms with Gasteiger partial charge in [0.25, 0.3) is 5.88 Å². The summed E-state index contributed by atoms with van der Waals surface area (Å²) in [6.45, 7) is 1.66. The van der Waals surface area contributed by atoms with Gasteiger partial charge < -0.3 is 9.64 Å². The number of aromatic nitrogens is 2. The van der Waals surface area contributed by atoms with E-state index in [4.69, 9.17) is 4.74 Å². The normalized spacial score (nSPS) is 21.7. The number of hydrogen-bond donors (Lipinski definition) is 0. The second-order valence-electron chi connectivity index (χ2n) is 5.14. The molecule has 4 nitrogen and oxygen atoms in total. The van der Waals surface area contributed by atoms with Crippen molar-refractivity contribution in [2.75, 3.05) is 18.1 Å². The third-order valence-electron chi connectivity index (χ3n) is 3.89. The molecule has 1 atom stereocenters. The Balaban J connectivity index is 1.87. The van der Waals surface area contributed by atoms with Gasteiger partial charge in [-0.3, -0.25) is 0 Å². The van der Waals surface area contributed by atoms with Crippen LogP contribution in [0.3, 0.4) is 0 Å². The summed E-state index contributed by atoms with van der Waals surface area (Å²) in [4.78, 5) is 11.3. The molecule has 19 heavy (non-hydrogen) atoms. The van der Waals surface area contributed by atoms with Crippen LogP contribution in [-0.4, -0.2) is 29.2 Å². The number of anilines is 1. The van der Waals surface area contributed by atoms with E-state index in [-0.39, 0.29) is 5.82 Å². The van der Waals surface area contributed by atoms with Gasteiger partial charge in [0.05, 0.1) is 17.1 Å². The monoisotopic (exact) mass is 259 g/mol. The van der Waals surface area contributed by atoms with Crippen LogP contribution in [0, 0.1) is 5.82 Å². The zero-order valence-electron chi connectivity index (χ0n) is 10.5. The molecular formula is C14H14FN3O. The Morgan fingerprint density at radius 1 is 1.21 bits per heavy atom. The molecule has 1 aromatic carbocycles. The van der Waals surface area contributed by atoms with Crippen molar-refractivity contribution >= 4 is 16.9 Å². The number of fused-ring (bicyclic) bond motifs is 4. The molecule has 0 aliphatic carbocycles. The van der Waals surface area contributed by atoms with Crippen LogP contribution < -0.4 is 9.64 Å². The maximum Gasteiger partial charge on any atom is 0.258 e. The van der Waals surface area contributed by atoms with Crippen molar-refractivity contribution in [2.45, 2.75) is 25.3 Å².